The van der Waals surface area contributed by atoms with Crippen molar-refractivity contribution >= 4 is 17.6 Å². The van der Waals surface area contributed by atoms with Gasteiger partial charge in [-0.1, -0.05) is 6.07 Å². The molecule has 0 saturated carbocycles. The highest BCUT2D eigenvalue weighted by molar-refractivity contribution is 5.93. The quantitative estimate of drug-likeness (QED) is 0.722. The Morgan fingerprint density at radius 1 is 1.07 bits per heavy atom. The van der Waals surface area contributed by atoms with Crippen molar-refractivity contribution in [2.24, 2.45) is 0 Å². The van der Waals surface area contributed by atoms with Crippen molar-refractivity contribution in [3.05, 3.63) is 54.1 Å². The zero-order valence-corrected chi connectivity index (χ0v) is 15.1. The summed E-state index contributed by atoms with van der Waals surface area (Å²) in [4.78, 5) is 23.7. The number of esters is 1. The summed E-state index contributed by atoms with van der Waals surface area (Å²) in [5.74, 6) is -0.549. The lowest BCUT2D eigenvalue weighted by atomic mass is 10.2. The highest BCUT2D eigenvalue weighted by atomic mass is 19.4. The molecule has 1 atom stereocenters. The molecule has 0 aromatic heterocycles. The van der Waals surface area contributed by atoms with Gasteiger partial charge in [0.15, 0.2) is 12.7 Å². The van der Waals surface area contributed by atoms with Gasteiger partial charge in [-0.05, 0) is 49.4 Å². The topological polar surface area (TPSA) is 73.9 Å². The fraction of sp³-hybridized carbons (Fsp3) is 0.263. The SMILES string of the molecule is COc1ccc(OC(C)C(=O)OCC(=O)Nc2cccc(C(F)(F)F)c2)cc1. The van der Waals surface area contributed by atoms with Gasteiger partial charge >= 0.3 is 12.1 Å². The van der Waals surface area contributed by atoms with E-state index in [1.54, 1.807) is 24.3 Å². The van der Waals surface area contributed by atoms with Crippen LogP contribution in [0.25, 0.3) is 0 Å². The van der Waals surface area contributed by atoms with Crippen LogP contribution in [0.1, 0.15) is 12.5 Å². The molecule has 6 nitrogen and oxygen atoms in total. The van der Waals surface area contributed by atoms with Crippen LogP contribution in [0.2, 0.25) is 0 Å². The Morgan fingerprint density at radius 3 is 2.32 bits per heavy atom. The van der Waals surface area contributed by atoms with Crippen molar-refractivity contribution in [3.8, 4) is 11.5 Å². The number of hydrogen-bond acceptors (Lipinski definition) is 5. The van der Waals surface area contributed by atoms with Gasteiger partial charge in [0.05, 0.1) is 12.7 Å². The van der Waals surface area contributed by atoms with Gasteiger partial charge in [0.2, 0.25) is 0 Å². The van der Waals surface area contributed by atoms with Crippen LogP contribution in [0.4, 0.5) is 18.9 Å². The molecule has 0 fully saturated rings. The molecule has 28 heavy (non-hydrogen) atoms. The van der Waals surface area contributed by atoms with Crippen molar-refractivity contribution in [3.63, 3.8) is 0 Å². The summed E-state index contributed by atoms with van der Waals surface area (Å²) in [5.41, 5.74) is -0.956. The third kappa shape index (κ3) is 6.19. The third-order valence-electron chi connectivity index (χ3n) is 3.52. The first-order valence-corrected chi connectivity index (χ1v) is 8.13. The van der Waals surface area contributed by atoms with Gasteiger partial charge in [0, 0.05) is 5.69 Å². The number of amides is 1. The number of benzene rings is 2. The maximum Gasteiger partial charge on any atom is 0.416 e. The van der Waals surface area contributed by atoms with Crippen LogP contribution in [0.15, 0.2) is 48.5 Å². The average molecular weight is 397 g/mol. The van der Waals surface area contributed by atoms with Gasteiger partial charge in [-0.2, -0.15) is 13.2 Å². The number of methoxy groups -OCH3 is 1. The maximum absolute atomic E-state index is 12.7. The van der Waals surface area contributed by atoms with Crippen LogP contribution >= 0.6 is 0 Å². The number of carbonyl (C=O) groups is 2. The molecule has 0 bridgehead atoms. The molecular formula is C19H18F3NO5. The van der Waals surface area contributed by atoms with Crippen LogP contribution in [0.3, 0.4) is 0 Å². The Balaban J connectivity index is 1.83. The Bertz CT molecular complexity index is 821. The summed E-state index contributed by atoms with van der Waals surface area (Å²) in [6.45, 7) is 0.780. The third-order valence-corrected chi connectivity index (χ3v) is 3.52. The predicted octanol–water partition coefficient (Wildman–Crippen LogP) is 3.66. The molecule has 0 aliphatic carbocycles. The summed E-state index contributed by atoms with van der Waals surface area (Å²) >= 11 is 0. The monoisotopic (exact) mass is 397 g/mol. The standard InChI is InChI=1S/C19H18F3NO5/c1-12(28-16-8-6-15(26-2)7-9-16)18(25)27-11-17(24)23-14-5-3-4-13(10-14)19(20,21)22/h3-10,12H,11H2,1-2H3,(H,23,24). The number of anilines is 1. The summed E-state index contributed by atoms with van der Waals surface area (Å²) in [6.07, 6.45) is -5.52. The molecule has 2 aromatic rings. The van der Waals surface area contributed by atoms with Gasteiger partial charge in [-0.25, -0.2) is 4.79 Å². The minimum atomic E-state index is -4.53. The molecule has 9 heteroatoms. The first-order chi connectivity index (χ1) is 13.2. The van der Waals surface area contributed by atoms with Gasteiger partial charge in [0.1, 0.15) is 11.5 Å². The number of rotatable bonds is 7. The first kappa shape index (κ1) is 21.1. The summed E-state index contributed by atoms with van der Waals surface area (Å²) in [5, 5.41) is 2.24. The van der Waals surface area contributed by atoms with Crippen molar-refractivity contribution < 1.29 is 37.0 Å². The van der Waals surface area contributed by atoms with E-state index in [-0.39, 0.29) is 5.69 Å². The van der Waals surface area contributed by atoms with Crippen LogP contribution in [0, 0.1) is 0 Å². The fourth-order valence-electron chi connectivity index (χ4n) is 2.13. The lowest BCUT2D eigenvalue weighted by Gasteiger charge is -2.14. The predicted molar refractivity (Wildman–Crippen MR) is 94.1 cm³/mol. The molecule has 0 spiro atoms. The van der Waals surface area contributed by atoms with Crippen LogP contribution in [0.5, 0.6) is 11.5 Å². The van der Waals surface area contributed by atoms with Crippen molar-refractivity contribution in [1.29, 1.82) is 0 Å². The first-order valence-electron chi connectivity index (χ1n) is 8.13. The molecule has 1 amide bonds. The Morgan fingerprint density at radius 2 is 1.71 bits per heavy atom. The number of carbonyl (C=O) groups excluding carboxylic acids is 2. The number of alkyl halides is 3. The lowest BCUT2D eigenvalue weighted by molar-refractivity contribution is -0.153. The zero-order valence-electron chi connectivity index (χ0n) is 15.1. The van der Waals surface area contributed by atoms with Crippen LogP contribution in [-0.2, 0) is 20.5 Å². The highest BCUT2D eigenvalue weighted by Crippen LogP contribution is 2.30. The molecule has 0 heterocycles. The van der Waals surface area contributed by atoms with E-state index in [9.17, 15) is 22.8 Å². The van der Waals surface area contributed by atoms with E-state index in [1.165, 1.54) is 20.1 Å². The van der Waals surface area contributed by atoms with Crippen LogP contribution < -0.4 is 14.8 Å². The largest absolute Gasteiger partial charge is 0.497 e. The van der Waals surface area contributed by atoms with E-state index in [2.05, 4.69) is 5.32 Å². The smallest absolute Gasteiger partial charge is 0.416 e. The molecule has 1 N–H and O–H groups in total. The number of hydrogen-bond donors (Lipinski definition) is 1. The normalized spacial score (nSPS) is 12.0. The van der Waals surface area contributed by atoms with Gasteiger partial charge in [-0.15, -0.1) is 0 Å². The van der Waals surface area contributed by atoms with Crippen molar-refractivity contribution in [1.82, 2.24) is 0 Å². The van der Waals surface area contributed by atoms with Crippen molar-refractivity contribution in [2.75, 3.05) is 19.0 Å². The molecule has 2 rings (SSSR count). The molecular weight excluding hydrogens is 379 g/mol. The molecule has 0 aliphatic rings. The zero-order chi connectivity index (χ0) is 20.7. The van der Waals surface area contributed by atoms with E-state index < -0.39 is 36.3 Å². The number of ether oxygens (including phenoxy) is 3. The second-order valence-electron chi connectivity index (χ2n) is 5.67. The minimum absolute atomic E-state index is 0.0570. The molecule has 0 saturated heterocycles. The fourth-order valence-corrected chi connectivity index (χ4v) is 2.13. The Labute approximate surface area is 159 Å². The average Bonchev–Trinajstić information content (AvgIpc) is 2.66. The van der Waals surface area contributed by atoms with Crippen LogP contribution in [-0.4, -0.2) is 31.7 Å². The van der Waals surface area contributed by atoms with E-state index in [0.717, 1.165) is 18.2 Å². The maximum atomic E-state index is 12.7. The molecule has 1 unspecified atom stereocenters. The minimum Gasteiger partial charge on any atom is -0.497 e. The lowest BCUT2D eigenvalue weighted by Crippen LogP contribution is -2.29. The second-order valence-corrected chi connectivity index (χ2v) is 5.67. The Kier molecular flexibility index (Phi) is 6.86. The number of halogens is 3. The molecule has 0 radical (unpaired) electrons. The number of nitrogens with one attached hydrogen (secondary N) is 1. The van der Waals surface area contributed by atoms with Gasteiger partial charge in [0.25, 0.3) is 5.91 Å². The summed E-state index contributed by atoms with van der Waals surface area (Å²) < 4.78 is 53.2. The van der Waals surface area contributed by atoms with E-state index in [4.69, 9.17) is 14.2 Å². The molecule has 0 aliphatic heterocycles. The van der Waals surface area contributed by atoms with Crippen molar-refractivity contribution in [2.45, 2.75) is 19.2 Å². The highest BCUT2D eigenvalue weighted by Gasteiger charge is 2.30. The Hall–Kier alpha value is -3.23. The summed E-state index contributed by atoms with van der Waals surface area (Å²) in [7, 11) is 1.51. The molecule has 2 aromatic carbocycles. The summed E-state index contributed by atoms with van der Waals surface area (Å²) in [6, 6.07) is 10.6. The van der Waals surface area contributed by atoms with E-state index >= 15 is 0 Å². The van der Waals surface area contributed by atoms with Gasteiger partial charge in [-0.3, -0.25) is 4.79 Å². The van der Waals surface area contributed by atoms with E-state index in [0.29, 0.717) is 11.5 Å². The molecule has 150 valence electrons. The second kappa shape index (κ2) is 9.12. The van der Waals surface area contributed by atoms with E-state index in [1.807, 2.05) is 0 Å². The van der Waals surface area contributed by atoms with Gasteiger partial charge < -0.3 is 19.5 Å².